The van der Waals surface area contributed by atoms with Crippen LogP contribution in [0.3, 0.4) is 0 Å². The lowest BCUT2D eigenvalue weighted by atomic mass is 10.0. The zero-order valence-corrected chi connectivity index (χ0v) is 18.5. The van der Waals surface area contributed by atoms with Gasteiger partial charge in [0, 0.05) is 12.4 Å². The third kappa shape index (κ3) is 8.19. The summed E-state index contributed by atoms with van der Waals surface area (Å²) in [7, 11) is 0. The lowest BCUT2D eigenvalue weighted by Gasteiger charge is -2.29. The van der Waals surface area contributed by atoms with Crippen LogP contribution in [0.1, 0.15) is 52.4 Å². The number of hydrogen-bond donors (Lipinski definition) is 1. The molecule has 30 heavy (non-hydrogen) atoms. The maximum Gasteiger partial charge on any atom is 0.408 e. The van der Waals surface area contributed by atoms with E-state index in [4.69, 9.17) is 4.74 Å². The van der Waals surface area contributed by atoms with Crippen LogP contribution in [0, 0.1) is 5.92 Å². The number of alkyl carbamates (subject to hydrolysis) is 1. The molecule has 1 N–H and O–H groups in total. The van der Waals surface area contributed by atoms with Crippen molar-refractivity contribution in [2.24, 2.45) is 5.92 Å². The smallest absolute Gasteiger partial charge is 0.408 e. The van der Waals surface area contributed by atoms with Crippen LogP contribution in [0.25, 0.3) is 0 Å². The highest BCUT2D eigenvalue weighted by Crippen LogP contribution is 2.15. The van der Waals surface area contributed by atoms with Crippen molar-refractivity contribution in [2.45, 2.75) is 65.8 Å². The molecule has 2 amide bonds. The van der Waals surface area contributed by atoms with E-state index >= 15 is 0 Å². The number of carbonyl (C=O) groups is 2. The van der Waals surface area contributed by atoms with Crippen molar-refractivity contribution in [3.63, 3.8) is 0 Å². The molecule has 0 saturated carbocycles. The maximum atomic E-state index is 13.5. The molecule has 7 heteroatoms. The van der Waals surface area contributed by atoms with E-state index in [0.717, 1.165) is 11.4 Å². The van der Waals surface area contributed by atoms with Gasteiger partial charge >= 0.3 is 6.09 Å². The van der Waals surface area contributed by atoms with E-state index in [9.17, 15) is 9.59 Å². The van der Waals surface area contributed by atoms with Gasteiger partial charge in [-0.3, -0.25) is 14.8 Å². The first-order valence-electron chi connectivity index (χ1n) is 10.2. The Bertz CT molecular complexity index is 763. The number of carbonyl (C=O) groups excluding carboxylic acids is 2. The molecule has 0 spiro atoms. The number of ether oxygens (including phenoxy) is 1. The van der Waals surface area contributed by atoms with Crippen LogP contribution in [0.15, 0.2) is 48.8 Å². The van der Waals surface area contributed by atoms with Crippen molar-refractivity contribution < 1.29 is 14.3 Å². The average Bonchev–Trinajstić information content (AvgIpc) is 2.66. The molecule has 0 bridgehead atoms. The predicted molar refractivity (Wildman–Crippen MR) is 115 cm³/mol. The van der Waals surface area contributed by atoms with Gasteiger partial charge in [-0.05, 0) is 57.4 Å². The summed E-state index contributed by atoms with van der Waals surface area (Å²) < 4.78 is 5.37. The van der Waals surface area contributed by atoms with Crippen LogP contribution in [-0.4, -0.2) is 38.5 Å². The number of aromatic nitrogens is 2. The van der Waals surface area contributed by atoms with E-state index in [-0.39, 0.29) is 11.8 Å². The van der Waals surface area contributed by atoms with Gasteiger partial charge in [-0.1, -0.05) is 26.0 Å². The maximum absolute atomic E-state index is 13.5. The van der Waals surface area contributed by atoms with E-state index in [1.54, 1.807) is 38.1 Å². The van der Waals surface area contributed by atoms with E-state index < -0.39 is 17.7 Å². The summed E-state index contributed by atoms with van der Waals surface area (Å²) in [6.45, 7) is 10.0. The minimum Gasteiger partial charge on any atom is -0.444 e. The molecule has 0 fully saturated rings. The van der Waals surface area contributed by atoms with Gasteiger partial charge in [0.25, 0.3) is 0 Å². The Balaban J connectivity index is 2.24. The first-order valence-corrected chi connectivity index (χ1v) is 10.2. The van der Waals surface area contributed by atoms with Crippen LogP contribution < -0.4 is 5.32 Å². The molecule has 0 unspecified atom stereocenters. The molecule has 2 aromatic rings. The third-order valence-electron chi connectivity index (χ3n) is 4.17. The molecular formula is C23H32N4O3. The highest BCUT2D eigenvalue weighted by Gasteiger charge is 2.29. The number of amides is 2. The molecule has 7 nitrogen and oxygen atoms in total. The van der Waals surface area contributed by atoms with Gasteiger partial charge in [0.15, 0.2) is 0 Å². The first-order chi connectivity index (χ1) is 14.1. The molecule has 162 valence electrons. The molecule has 2 rings (SSSR count). The van der Waals surface area contributed by atoms with Crippen molar-refractivity contribution >= 4 is 12.0 Å². The topological polar surface area (TPSA) is 84.4 Å². The summed E-state index contributed by atoms with van der Waals surface area (Å²) >= 11 is 0. The van der Waals surface area contributed by atoms with Crippen molar-refractivity contribution in [3.8, 4) is 0 Å². The summed E-state index contributed by atoms with van der Waals surface area (Å²) in [6.07, 6.45) is 3.29. The summed E-state index contributed by atoms with van der Waals surface area (Å²) in [5, 5.41) is 2.76. The van der Waals surface area contributed by atoms with Crippen LogP contribution in [0.4, 0.5) is 4.79 Å². The quantitative estimate of drug-likeness (QED) is 0.710. The standard InChI is InChI=1S/C23H32N4O3/c1-17(2)14-20(26-22(29)30-23(3,4)5)21(28)27(15-18-10-6-8-12-24-18)16-19-11-7-9-13-25-19/h6-13,17,20H,14-16H2,1-5H3,(H,26,29)/t20-/m0/s1. The average molecular weight is 413 g/mol. The second-order valence-electron chi connectivity index (χ2n) is 8.66. The van der Waals surface area contributed by atoms with E-state index in [1.165, 1.54) is 0 Å². The normalized spacial score (nSPS) is 12.3. The fraction of sp³-hybridized carbons (Fsp3) is 0.478. The van der Waals surface area contributed by atoms with Crippen molar-refractivity contribution in [2.75, 3.05) is 0 Å². The van der Waals surface area contributed by atoms with Gasteiger partial charge in [-0.2, -0.15) is 0 Å². The van der Waals surface area contributed by atoms with E-state index in [1.807, 2.05) is 50.2 Å². The SMILES string of the molecule is CC(C)C[C@H](NC(=O)OC(C)(C)C)C(=O)N(Cc1ccccn1)Cc1ccccn1. The molecular weight excluding hydrogens is 380 g/mol. The monoisotopic (exact) mass is 412 g/mol. The van der Waals surface area contributed by atoms with Crippen molar-refractivity contribution in [3.05, 3.63) is 60.2 Å². The van der Waals surface area contributed by atoms with Gasteiger partial charge in [0.2, 0.25) is 5.91 Å². The Morgan fingerprint density at radius 3 is 1.93 bits per heavy atom. The van der Waals surface area contributed by atoms with Gasteiger partial charge in [-0.15, -0.1) is 0 Å². The zero-order chi connectivity index (χ0) is 22.1. The molecule has 1 atom stereocenters. The Hall–Kier alpha value is -2.96. The molecule has 2 aromatic heterocycles. The minimum absolute atomic E-state index is 0.189. The van der Waals surface area contributed by atoms with Crippen LogP contribution in [-0.2, 0) is 22.6 Å². The Morgan fingerprint density at radius 1 is 1.00 bits per heavy atom. The number of nitrogens with one attached hydrogen (secondary N) is 1. The van der Waals surface area contributed by atoms with Crippen molar-refractivity contribution in [1.82, 2.24) is 20.2 Å². The molecule has 0 saturated heterocycles. The largest absolute Gasteiger partial charge is 0.444 e. The van der Waals surface area contributed by atoms with Gasteiger partial charge < -0.3 is 15.0 Å². The van der Waals surface area contributed by atoms with Crippen molar-refractivity contribution in [1.29, 1.82) is 0 Å². The minimum atomic E-state index is -0.702. The fourth-order valence-corrected chi connectivity index (χ4v) is 2.95. The second kappa shape index (κ2) is 10.7. The Labute approximate surface area is 178 Å². The number of rotatable bonds is 8. The lowest BCUT2D eigenvalue weighted by molar-refractivity contribution is -0.135. The second-order valence-corrected chi connectivity index (χ2v) is 8.66. The molecule has 0 radical (unpaired) electrons. The van der Waals surface area contributed by atoms with Gasteiger partial charge in [-0.25, -0.2) is 4.79 Å². The van der Waals surface area contributed by atoms with Crippen LogP contribution in [0.2, 0.25) is 0 Å². The van der Waals surface area contributed by atoms with Gasteiger partial charge in [0.1, 0.15) is 11.6 Å². The highest BCUT2D eigenvalue weighted by molar-refractivity contribution is 5.85. The number of nitrogens with zero attached hydrogens (tertiary/aromatic N) is 3. The summed E-state index contributed by atoms with van der Waals surface area (Å²) in [6, 6.07) is 10.5. The van der Waals surface area contributed by atoms with E-state index in [2.05, 4.69) is 15.3 Å². The highest BCUT2D eigenvalue weighted by atomic mass is 16.6. The van der Waals surface area contributed by atoms with E-state index in [0.29, 0.717) is 19.5 Å². The van der Waals surface area contributed by atoms with Crippen LogP contribution in [0.5, 0.6) is 0 Å². The molecule has 0 aromatic carbocycles. The Kier molecular flexibility index (Phi) is 8.33. The lowest BCUT2D eigenvalue weighted by Crippen LogP contribution is -2.50. The van der Waals surface area contributed by atoms with Crippen LogP contribution >= 0.6 is 0 Å². The predicted octanol–water partition coefficient (Wildman–Crippen LogP) is 3.94. The molecule has 0 aliphatic rings. The number of pyridine rings is 2. The summed E-state index contributed by atoms with van der Waals surface area (Å²) in [4.78, 5) is 36.2. The molecule has 2 heterocycles. The zero-order valence-electron chi connectivity index (χ0n) is 18.5. The summed E-state index contributed by atoms with van der Waals surface area (Å²) in [5.41, 5.74) is 0.890. The molecule has 0 aliphatic heterocycles. The Morgan fingerprint density at radius 2 is 1.53 bits per heavy atom. The summed E-state index contributed by atoms with van der Waals surface area (Å²) in [5.74, 6) is 0.0197. The first kappa shape index (κ1) is 23.3. The fourth-order valence-electron chi connectivity index (χ4n) is 2.95. The number of hydrogen-bond acceptors (Lipinski definition) is 5. The third-order valence-corrected chi connectivity index (χ3v) is 4.17. The van der Waals surface area contributed by atoms with Gasteiger partial charge in [0.05, 0.1) is 24.5 Å². The molecule has 0 aliphatic carbocycles.